The van der Waals surface area contributed by atoms with Crippen LogP contribution in [0.25, 0.3) is 0 Å². The second-order valence-corrected chi connectivity index (χ2v) is 9.19. The number of halogens is 1. The quantitative estimate of drug-likeness (QED) is 0.610. The van der Waals surface area contributed by atoms with Crippen LogP contribution in [0.3, 0.4) is 0 Å². The van der Waals surface area contributed by atoms with Crippen LogP contribution in [0, 0.1) is 5.82 Å². The van der Waals surface area contributed by atoms with Gasteiger partial charge in [-0.05, 0) is 41.0 Å². The number of amides is 1. The van der Waals surface area contributed by atoms with Gasteiger partial charge in [-0.1, -0.05) is 54.6 Å². The van der Waals surface area contributed by atoms with Crippen LogP contribution < -0.4 is 0 Å². The van der Waals surface area contributed by atoms with Gasteiger partial charge in [0.1, 0.15) is 5.82 Å². The first kappa shape index (κ1) is 20.7. The van der Waals surface area contributed by atoms with Crippen LogP contribution in [0.2, 0.25) is 0 Å². The lowest BCUT2D eigenvalue weighted by atomic mass is 9.96. The first-order valence-electron chi connectivity index (χ1n) is 9.09. The average Bonchev–Trinajstić information content (AvgIpc) is 2.69. The van der Waals surface area contributed by atoms with Crippen molar-refractivity contribution in [1.82, 2.24) is 4.90 Å². The van der Waals surface area contributed by atoms with E-state index in [9.17, 15) is 17.6 Å². The second-order valence-electron chi connectivity index (χ2n) is 7.05. The van der Waals surface area contributed by atoms with E-state index in [1.54, 1.807) is 48.3 Å². The molecule has 0 fully saturated rings. The summed E-state index contributed by atoms with van der Waals surface area (Å²) in [6.07, 6.45) is 1.16. The molecule has 0 aliphatic carbocycles. The molecule has 3 aromatic rings. The molecule has 29 heavy (non-hydrogen) atoms. The summed E-state index contributed by atoms with van der Waals surface area (Å²) in [5, 5.41) is 0. The van der Waals surface area contributed by atoms with Crippen molar-refractivity contribution in [2.24, 2.45) is 0 Å². The minimum Gasteiger partial charge on any atom is -0.331 e. The lowest BCUT2D eigenvalue weighted by Gasteiger charge is -2.29. The molecule has 0 saturated carbocycles. The smallest absolute Gasteiger partial charge is 0.254 e. The van der Waals surface area contributed by atoms with Crippen LogP contribution in [-0.4, -0.2) is 32.5 Å². The summed E-state index contributed by atoms with van der Waals surface area (Å²) < 4.78 is 36.6. The summed E-state index contributed by atoms with van der Waals surface area (Å²) in [5.74, 6) is -0.723. The zero-order valence-corrected chi connectivity index (χ0v) is 17.1. The molecule has 0 N–H and O–H groups in total. The molecule has 3 aromatic carbocycles. The largest absolute Gasteiger partial charge is 0.331 e. The molecule has 0 radical (unpaired) electrons. The zero-order chi connectivity index (χ0) is 21.0. The number of sulfone groups is 1. The van der Waals surface area contributed by atoms with Gasteiger partial charge in [-0.25, -0.2) is 12.8 Å². The fraction of sp³-hybridized carbons (Fsp3) is 0.174. The predicted molar refractivity (Wildman–Crippen MR) is 112 cm³/mol. The first-order chi connectivity index (χ1) is 13.7. The normalized spacial score (nSPS) is 12.4. The fourth-order valence-corrected chi connectivity index (χ4v) is 4.12. The van der Waals surface area contributed by atoms with Gasteiger partial charge in [0.25, 0.3) is 5.91 Å². The highest BCUT2D eigenvalue weighted by molar-refractivity contribution is 7.89. The van der Waals surface area contributed by atoms with Crippen molar-refractivity contribution >= 4 is 15.7 Å². The molecule has 0 spiro atoms. The van der Waals surface area contributed by atoms with E-state index in [1.807, 2.05) is 30.3 Å². The highest BCUT2D eigenvalue weighted by atomic mass is 32.2. The Morgan fingerprint density at radius 3 is 2.17 bits per heavy atom. The van der Waals surface area contributed by atoms with Crippen molar-refractivity contribution in [3.63, 3.8) is 0 Å². The van der Waals surface area contributed by atoms with Crippen molar-refractivity contribution in [2.45, 2.75) is 11.8 Å². The van der Waals surface area contributed by atoms with Crippen LogP contribution in [0.4, 0.5) is 4.39 Å². The minimum atomic E-state index is -3.21. The standard InChI is InChI=1S/C23H22FNO3S/c1-25(23(26)20-10-6-7-17(15-20)16-29(2,27)28)22(18-8-4-3-5-9-18)19-11-13-21(24)14-12-19/h3-15,22H,16H2,1-2H3. The lowest BCUT2D eigenvalue weighted by Crippen LogP contribution is -2.32. The summed E-state index contributed by atoms with van der Waals surface area (Å²) in [5.41, 5.74) is 2.63. The summed E-state index contributed by atoms with van der Waals surface area (Å²) in [7, 11) is -1.52. The van der Waals surface area contributed by atoms with Crippen molar-refractivity contribution in [1.29, 1.82) is 0 Å². The maximum Gasteiger partial charge on any atom is 0.254 e. The molecule has 150 valence electrons. The number of carbonyl (C=O) groups excluding carboxylic acids is 1. The molecule has 1 amide bonds. The molecule has 0 saturated heterocycles. The predicted octanol–water partition coefficient (Wildman–Crippen LogP) is 4.23. The Morgan fingerprint density at radius 2 is 1.55 bits per heavy atom. The van der Waals surface area contributed by atoms with Gasteiger partial charge in [-0.2, -0.15) is 0 Å². The van der Waals surface area contributed by atoms with E-state index in [1.165, 1.54) is 12.1 Å². The molecule has 3 rings (SSSR count). The summed E-state index contributed by atoms with van der Waals surface area (Å²) in [4.78, 5) is 14.8. The molecule has 0 aromatic heterocycles. The summed E-state index contributed by atoms with van der Waals surface area (Å²) in [6.45, 7) is 0. The lowest BCUT2D eigenvalue weighted by molar-refractivity contribution is 0.0755. The van der Waals surface area contributed by atoms with Crippen molar-refractivity contribution in [3.8, 4) is 0 Å². The van der Waals surface area contributed by atoms with Gasteiger partial charge in [0.2, 0.25) is 0 Å². The molecule has 0 aliphatic rings. The maximum absolute atomic E-state index is 13.4. The SMILES string of the molecule is CN(C(=O)c1cccc(CS(C)(=O)=O)c1)C(c1ccccc1)c1ccc(F)cc1. The van der Waals surface area contributed by atoms with E-state index in [0.29, 0.717) is 11.1 Å². The Balaban J connectivity index is 1.97. The van der Waals surface area contributed by atoms with Gasteiger partial charge < -0.3 is 4.90 Å². The maximum atomic E-state index is 13.4. The average molecular weight is 411 g/mol. The van der Waals surface area contributed by atoms with Gasteiger partial charge in [-0.3, -0.25) is 4.79 Å². The van der Waals surface area contributed by atoms with Crippen LogP contribution >= 0.6 is 0 Å². The van der Waals surface area contributed by atoms with Crippen LogP contribution in [0.5, 0.6) is 0 Å². The van der Waals surface area contributed by atoms with Crippen LogP contribution in [0.1, 0.15) is 33.1 Å². The second kappa shape index (κ2) is 8.57. The Morgan fingerprint density at radius 1 is 0.931 bits per heavy atom. The molecule has 0 heterocycles. The van der Waals surface area contributed by atoms with Crippen LogP contribution in [0.15, 0.2) is 78.9 Å². The molecule has 1 unspecified atom stereocenters. The van der Waals surface area contributed by atoms with Gasteiger partial charge in [-0.15, -0.1) is 0 Å². The number of rotatable bonds is 6. The van der Waals surface area contributed by atoms with Gasteiger partial charge >= 0.3 is 0 Å². The number of hydrogen-bond donors (Lipinski definition) is 0. The highest BCUT2D eigenvalue weighted by Crippen LogP contribution is 2.29. The molecule has 6 heteroatoms. The molecule has 4 nitrogen and oxygen atoms in total. The highest BCUT2D eigenvalue weighted by Gasteiger charge is 2.24. The number of benzene rings is 3. The third-order valence-corrected chi connectivity index (χ3v) is 5.47. The third-order valence-electron chi connectivity index (χ3n) is 4.61. The van der Waals surface area contributed by atoms with E-state index in [2.05, 4.69) is 0 Å². The van der Waals surface area contributed by atoms with E-state index in [-0.39, 0.29) is 17.5 Å². The zero-order valence-electron chi connectivity index (χ0n) is 16.2. The Hall–Kier alpha value is -2.99. The Kier molecular flexibility index (Phi) is 6.13. The van der Waals surface area contributed by atoms with Crippen molar-refractivity contribution < 1.29 is 17.6 Å². The molecular formula is C23H22FNO3S. The molecular weight excluding hydrogens is 389 g/mol. The summed E-state index contributed by atoms with van der Waals surface area (Å²) in [6, 6.07) is 21.8. The topological polar surface area (TPSA) is 54.5 Å². The fourth-order valence-electron chi connectivity index (χ4n) is 3.34. The molecule has 0 aliphatic heterocycles. The number of carbonyl (C=O) groups is 1. The molecule has 1 atom stereocenters. The van der Waals surface area contributed by atoms with Crippen LogP contribution in [-0.2, 0) is 15.6 Å². The van der Waals surface area contributed by atoms with Gasteiger partial charge in [0.05, 0.1) is 11.8 Å². The van der Waals surface area contributed by atoms with E-state index in [4.69, 9.17) is 0 Å². The van der Waals surface area contributed by atoms with E-state index >= 15 is 0 Å². The monoisotopic (exact) mass is 411 g/mol. The Bertz CT molecular complexity index is 1100. The van der Waals surface area contributed by atoms with E-state index in [0.717, 1.165) is 17.4 Å². The molecule has 0 bridgehead atoms. The van der Waals surface area contributed by atoms with Crippen molar-refractivity contribution in [3.05, 3.63) is 107 Å². The van der Waals surface area contributed by atoms with Gasteiger partial charge in [0.15, 0.2) is 9.84 Å². The van der Waals surface area contributed by atoms with Crippen molar-refractivity contribution in [2.75, 3.05) is 13.3 Å². The first-order valence-corrected chi connectivity index (χ1v) is 11.1. The van der Waals surface area contributed by atoms with Gasteiger partial charge in [0, 0.05) is 18.9 Å². The number of nitrogens with zero attached hydrogens (tertiary/aromatic N) is 1. The Labute approximate surface area is 170 Å². The number of hydrogen-bond acceptors (Lipinski definition) is 3. The van der Waals surface area contributed by atoms with E-state index < -0.39 is 15.9 Å². The summed E-state index contributed by atoms with van der Waals surface area (Å²) >= 11 is 0. The minimum absolute atomic E-state index is 0.127. The third kappa shape index (κ3) is 5.29.